The van der Waals surface area contributed by atoms with Gasteiger partial charge in [0.1, 0.15) is 0 Å². The molecule has 2 aliphatic rings. The Labute approximate surface area is 68.5 Å². The van der Waals surface area contributed by atoms with Gasteiger partial charge in [-0.15, -0.1) is 0 Å². The molecule has 1 aliphatic carbocycles. The highest BCUT2D eigenvalue weighted by Crippen LogP contribution is 2.23. The zero-order valence-electron chi connectivity index (χ0n) is 7.25. The van der Waals surface area contributed by atoms with Gasteiger partial charge in [0, 0.05) is 12.6 Å². The molecule has 1 aliphatic heterocycles. The molecule has 1 heterocycles. The van der Waals surface area contributed by atoms with E-state index in [2.05, 4.69) is 11.9 Å². The number of ether oxygens (including phenoxy) is 1. The quantitative estimate of drug-likeness (QED) is 0.570. The Morgan fingerprint density at radius 3 is 2.55 bits per heavy atom. The van der Waals surface area contributed by atoms with E-state index in [0.717, 1.165) is 19.2 Å². The summed E-state index contributed by atoms with van der Waals surface area (Å²) >= 11 is 0. The third-order valence-corrected chi connectivity index (χ3v) is 2.84. The summed E-state index contributed by atoms with van der Waals surface area (Å²) in [5, 5.41) is 0. The summed E-state index contributed by atoms with van der Waals surface area (Å²) in [6.07, 6.45) is 6.24. The van der Waals surface area contributed by atoms with Crippen LogP contribution in [0.25, 0.3) is 0 Å². The van der Waals surface area contributed by atoms with Crippen molar-refractivity contribution in [1.82, 2.24) is 4.90 Å². The smallest absolute Gasteiger partial charge is 0.0936 e. The minimum Gasteiger partial charge on any atom is -0.372 e. The zero-order chi connectivity index (χ0) is 7.68. The molecule has 2 rings (SSSR count). The van der Waals surface area contributed by atoms with Crippen LogP contribution >= 0.6 is 0 Å². The van der Waals surface area contributed by atoms with Crippen LogP contribution in [0.1, 0.15) is 25.7 Å². The normalized spacial score (nSPS) is 31.6. The summed E-state index contributed by atoms with van der Waals surface area (Å²) in [5.41, 5.74) is 0. The Morgan fingerprint density at radius 2 is 2.00 bits per heavy atom. The van der Waals surface area contributed by atoms with Crippen molar-refractivity contribution in [1.29, 1.82) is 0 Å². The van der Waals surface area contributed by atoms with Gasteiger partial charge in [-0.3, -0.25) is 0 Å². The minimum absolute atomic E-state index is 0.570. The van der Waals surface area contributed by atoms with Crippen LogP contribution in [-0.4, -0.2) is 37.2 Å². The summed E-state index contributed by atoms with van der Waals surface area (Å²) in [5.74, 6) is 0. The van der Waals surface area contributed by atoms with Gasteiger partial charge in [0.2, 0.25) is 0 Å². The molecule has 0 aromatic carbocycles. The lowest BCUT2D eigenvalue weighted by molar-refractivity contribution is 0.220. The fraction of sp³-hybridized carbons (Fsp3) is 1.00. The highest BCUT2D eigenvalue weighted by atomic mass is 16.6. The molecule has 0 bridgehead atoms. The standard InChI is InChI=1S/C9H17NO/c1-10(6-9-7-11-9)8-4-2-3-5-8/h8-9H,2-7H2,1H3/t9-/m1/s1. The van der Waals surface area contributed by atoms with E-state index in [-0.39, 0.29) is 0 Å². The second-order valence-electron chi connectivity index (χ2n) is 3.83. The van der Waals surface area contributed by atoms with Gasteiger partial charge in [0.25, 0.3) is 0 Å². The second-order valence-corrected chi connectivity index (χ2v) is 3.83. The van der Waals surface area contributed by atoms with E-state index >= 15 is 0 Å². The predicted molar refractivity (Wildman–Crippen MR) is 44.6 cm³/mol. The monoisotopic (exact) mass is 155 g/mol. The largest absolute Gasteiger partial charge is 0.372 e. The van der Waals surface area contributed by atoms with Crippen LogP contribution in [0.5, 0.6) is 0 Å². The molecule has 11 heavy (non-hydrogen) atoms. The zero-order valence-corrected chi connectivity index (χ0v) is 7.25. The van der Waals surface area contributed by atoms with Gasteiger partial charge in [-0.25, -0.2) is 0 Å². The lowest BCUT2D eigenvalue weighted by Crippen LogP contribution is -2.32. The molecule has 1 atom stereocenters. The maximum atomic E-state index is 5.20. The number of hydrogen-bond acceptors (Lipinski definition) is 2. The van der Waals surface area contributed by atoms with E-state index in [4.69, 9.17) is 4.74 Å². The van der Waals surface area contributed by atoms with E-state index in [0.29, 0.717) is 6.10 Å². The fourth-order valence-electron chi connectivity index (χ4n) is 1.99. The van der Waals surface area contributed by atoms with Gasteiger partial charge in [-0.2, -0.15) is 0 Å². The molecule has 1 saturated heterocycles. The Balaban J connectivity index is 1.73. The Morgan fingerprint density at radius 1 is 1.36 bits per heavy atom. The molecular formula is C9H17NO. The summed E-state index contributed by atoms with van der Waals surface area (Å²) in [6.45, 7) is 2.15. The predicted octanol–water partition coefficient (Wildman–Crippen LogP) is 1.26. The van der Waals surface area contributed by atoms with Crippen LogP contribution in [0.4, 0.5) is 0 Å². The van der Waals surface area contributed by atoms with Crippen LogP contribution < -0.4 is 0 Å². The molecule has 0 radical (unpaired) electrons. The summed E-state index contributed by atoms with van der Waals surface area (Å²) in [4.78, 5) is 2.48. The van der Waals surface area contributed by atoms with Gasteiger partial charge in [0.15, 0.2) is 0 Å². The first-order valence-electron chi connectivity index (χ1n) is 4.68. The SMILES string of the molecule is CN(C[C@@H]1CO1)C1CCCC1. The van der Waals surface area contributed by atoms with E-state index in [1.54, 1.807) is 0 Å². The molecule has 0 amide bonds. The van der Waals surface area contributed by atoms with Crippen LogP contribution in [0.15, 0.2) is 0 Å². The number of epoxide rings is 1. The number of rotatable bonds is 3. The Bertz CT molecular complexity index is 128. The van der Waals surface area contributed by atoms with Gasteiger partial charge < -0.3 is 9.64 Å². The van der Waals surface area contributed by atoms with Crippen molar-refractivity contribution in [2.45, 2.75) is 37.8 Å². The van der Waals surface area contributed by atoms with Gasteiger partial charge in [-0.1, -0.05) is 12.8 Å². The van der Waals surface area contributed by atoms with Crippen molar-refractivity contribution in [2.75, 3.05) is 20.2 Å². The van der Waals surface area contributed by atoms with Crippen molar-refractivity contribution in [3.05, 3.63) is 0 Å². The molecule has 1 saturated carbocycles. The first-order chi connectivity index (χ1) is 5.36. The molecule has 0 aromatic rings. The summed E-state index contributed by atoms with van der Waals surface area (Å²) < 4.78 is 5.20. The van der Waals surface area contributed by atoms with Gasteiger partial charge in [0.05, 0.1) is 12.7 Å². The van der Waals surface area contributed by atoms with Crippen LogP contribution in [0.2, 0.25) is 0 Å². The third-order valence-electron chi connectivity index (χ3n) is 2.84. The van der Waals surface area contributed by atoms with Crippen LogP contribution in [0, 0.1) is 0 Å². The second kappa shape index (κ2) is 3.11. The molecule has 0 unspecified atom stereocenters. The third kappa shape index (κ3) is 1.94. The number of hydrogen-bond donors (Lipinski definition) is 0. The molecular weight excluding hydrogens is 138 g/mol. The van der Waals surface area contributed by atoms with E-state index in [1.165, 1.54) is 25.7 Å². The highest BCUT2D eigenvalue weighted by Gasteiger charge is 2.28. The molecule has 64 valence electrons. The lowest BCUT2D eigenvalue weighted by Gasteiger charge is -2.22. The minimum atomic E-state index is 0.570. The Hall–Kier alpha value is -0.0800. The highest BCUT2D eigenvalue weighted by molar-refractivity contribution is 4.80. The molecule has 2 fully saturated rings. The van der Waals surface area contributed by atoms with E-state index in [9.17, 15) is 0 Å². The maximum Gasteiger partial charge on any atom is 0.0936 e. The molecule has 0 spiro atoms. The van der Waals surface area contributed by atoms with Gasteiger partial charge in [-0.05, 0) is 19.9 Å². The number of nitrogens with zero attached hydrogens (tertiary/aromatic N) is 1. The first-order valence-corrected chi connectivity index (χ1v) is 4.68. The van der Waals surface area contributed by atoms with Crippen LogP contribution in [0.3, 0.4) is 0 Å². The first kappa shape index (κ1) is 7.56. The molecule has 2 heteroatoms. The van der Waals surface area contributed by atoms with Crippen LogP contribution in [-0.2, 0) is 4.74 Å². The average molecular weight is 155 g/mol. The van der Waals surface area contributed by atoms with E-state index in [1.807, 2.05) is 0 Å². The van der Waals surface area contributed by atoms with Crippen molar-refractivity contribution in [2.24, 2.45) is 0 Å². The summed E-state index contributed by atoms with van der Waals surface area (Å²) in [6, 6.07) is 0.860. The molecule has 0 aromatic heterocycles. The van der Waals surface area contributed by atoms with Gasteiger partial charge >= 0.3 is 0 Å². The number of likely N-dealkylation sites (N-methyl/N-ethyl adjacent to an activating group) is 1. The molecule has 2 nitrogen and oxygen atoms in total. The maximum absolute atomic E-state index is 5.20. The fourth-order valence-corrected chi connectivity index (χ4v) is 1.99. The topological polar surface area (TPSA) is 15.8 Å². The summed E-state index contributed by atoms with van der Waals surface area (Å²) in [7, 11) is 2.23. The van der Waals surface area contributed by atoms with Crippen molar-refractivity contribution < 1.29 is 4.74 Å². The van der Waals surface area contributed by atoms with Crippen molar-refractivity contribution in [3.8, 4) is 0 Å². The Kier molecular flexibility index (Phi) is 2.14. The average Bonchev–Trinajstić information content (AvgIpc) is 2.67. The lowest BCUT2D eigenvalue weighted by atomic mass is 10.2. The van der Waals surface area contributed by atoms with E-state index < -0.39 is 0 Å². The van der Waals surface area contributed by atoms with Crippen molar-refractivity contribution in [3.63, 3.8) is 0 Å². The van der Waals surface area contributed by atoms with Crippen molar-refractivity contribution >= 4 is 0 Å². The molecule has 0 N–H and O–H groups in total.